The third-order valence-electron chi connectivity index (χ3n) is 3.14. The Morgan fingerprint density at radius 3 is 2.69 bits per heavy atom. The van der Waals surface area contributed by atoms with Gasteiger partial charge in [0, 0.05) is 18.8 Å². The maximum atomic E-state index is 4.64. The second-order valence-corrected chi connectivity index (χ2v) is 4.41. The summed E-state index contributed by atoms with van der Waals surface area (Å²) in [4.78, 5) is 16.1. The van der Waals surface area contributed by atoms with E-state index in [0.29, 0.717) is 0 Å². The topological polar surface area (TPSA) is 40.9 Å². The summed E-state index contributed by atoms with van der Waals surface area (Å²) in [6.45, 7) is 5.87. The van der Waals surface area contributed by atoms with E-state index in [1.807, 2.05) is 13.0 Å². The van der Waals surface area contributed by atoms with Crippen molar-refractivity contribution < 1.29 is 0 Å². The number of rotatable bonds is 1. The largest absolute Gasteiger partial charge is 0.355 e. The molecule has 0 N–H and O–H groups in total. The van der Waals surface area contributed by atoms with Gasteiger partial charge in [-0.15, -0.1) is 0 Å². The van der Waals surface area contributed by atoms with Gasteiger partial charge in [0.25, 0.3) is 0 Å². The Morgan fingerprint density at radius 2 is 1.88 bits per heavy atom. The first-order valence-electron chi connectivity index (χ1n) is 5.96. The van der Waals surface area contributed by atoms with E-state index < -0.39 is 0 Å². The minimum Gasteiger partial charge on any atom is -0.355 e. The summed E-state index contributed by atoms with van der Waals surface area (Å²) in [6, 6.07) is 2.04. The maximum Gasteiger partial charge on any atom is 0.156 e. The fraction of sp³-hybridized carbons (Fsp3) is 0.583. The number of pyridine rings is 1. The highest BCUT2D eigenvalue weighted by molar-refractivity contribution is 5.39. The van der Waals surface area contributed by atoms with E-state index in [-0.39, 0.29) is 0 Å². The number of aromatic nitrogens is 1. The lowest BCUT2D eigenvalue weighted by molar-refractivity contribution is 0.829. The molecule has 4 heteroatoms. The molecule has 0 unspecified atom stereocenters. The summed E-state index contributed by atoms with van der Waals surface area (Å²) in [5.41, 5.74) is 1.04. The molecule has 0 spiro atoms. The average molecular weight is 216 g/mol. The molecule has 0 atom stereocenters. The van der Waals surface area contributed by atoms with Gasteiger partial charge < -0.3 is 4.90 Å². The highest BCUT2D eigenvalue weighted by atomic mass is 15.2. The first-order chi connectivity index (χ1) is 7.84. The van der Waals surface area contributed by atoms with Crippen LogP contribution in [0.5, 0.6) is 0 Å². The summed E-state index contributed by atoms with van der Waals surface area (Å²) in [5, 5.41) is 2.04. The van der Waals surface area contributed by atoms with Gasteiger partial charge in [0.2, 0.25) is 0 Å². The predicted octanol–water partition coefficient (Wildman–Crippen LogP) is 0.243. The minimum atomic E-state index is 0.804. The number of aryl methyl sites for hydroxylation is 1. The number of hydrogen-bond donors (Lipinski definition) is 0. The zero-order chi connectivity index (χ0) is 11.0. The smallest absolute Gasteiger partial charge is 0.156 e. The van der Waals surface area contributed by atoms with Crippen LogP contribution in [0.3, 0.4) is 0 Å². The van der Waals surface area contributed by atoms with Crippen molar-refractivity contribution in [2.45, 2.75) is 19.8 Å². The van der Waals surface area contributed by atoms with Gasteiger partial charge in [0.15, 0.2) is 5.82 Å². The molecule has 1 saturated heterocycles. The number of hydrogen-bond acceptors (Lipinski definition) is 4. The lowest BCUT2D eigenvalue weighted by Gasteiger charge is -2.17. The summed E-state index contributed by atoms with van der Waals surface area (Å²) in [5.74, 6) is 1.05. The Kier molecular flexibility index (Phi) is 2.35. The number of anilines is 1. The second kappa shape index (κ2) is 3.85. The van der Waals surface area contributed by atoms with E-state index in [9.17, 15) is 0 Å². The summed E-state index contributed by atoms with van der Waals surface area (Å²) >= 11 is 0. The molecule has 1 aromatic heterocycles. The van der Waals surface area contributed by atoms with Gasteiger partial charge in [-0.1, -0.05) is 0 Å². The molecule has 0 aliphatic carbocycles. The summed E-state index contributed by atoms with van der Waals surface area (Å²) < 4.78 is 0. The lowest BCUT2D eigenvalue weighted by atomic mass is 10.3. The molecule has 84 valence electrons. The lowest BCUT2D eigenvalue weighted by Crippen LogP contribution is -2.38. The van der Waals surface area contributed by atoms with Crippen molar-refractivity contribution in [2.24, 2.45) is 9.98 Å². The molecule has 0 saturated carbocycles. The zero-order valence-corrected chi connectivity index (χ0v) is 9.61. The van der Waals surface area contributed by atoms with E-state index in [1.54, 1.807) is 0 Å². The number of nitrogens with zero attached hydrogens (tertiary/aromatic N) is 4. The van der Waals surface area contributed by atoms with Crippen molar-refractivity contribution in [1.82, 2.24) is 4.98 Å². The molecule has 1 fully saturated rings. The summed E-state index contributed by atoms with van der Waals surface area (Å²) in [6.07, 6.45) is 2.53. The molecule has 0 amide bonds. The fourth-order valence-electron chi connectivity index (χ4n) is 2.39. The summed E-state index contributed by atoms with van der Waals surface area (Å²) in [7, 11) is 0. The molecule has 2 aliphatic rings. The van der Waals surface area contributed by atoms with Crippen LogP contribution >= 0.6 is 0 Å². The maximum absolute atomic E-state index is 4.64. The van der Waals surface area contributed by atoms with Crippen molar-refractivity contribution in [3.05, 3.63) is 22.5 Å². The molecule has 1 aromatic rings. The van der Waals surface area contributed by atoms with Crippen LogP contribution in [0.25, 0.3) is 0 Å². The van der Waals surface area contributed by atoms with Crippen molar-refractivity contribution in [3.63, 3.8) is 0 Å². The van der Waals surface area contributed by atoms with E-state index >= 15 is 0 Å². The van der Waals surface area contributed by atoms with Crippen LogP contribution in [0.4, 0.5) is 5.82 Å². The van der Waals surface area contributed by atoms with Gasteiger partial charge in [-0.3, -0.25) is 9.98 Å². The molecular formula is C12H16N4. The van der Waals surface area contributed by atoms with E-state index in [2.05, 4.69) is 19.9 Å². The van der Waals surface area contributed by atoms with Crippen LogP contribution in [-0.2, 0) is 0 Å². The average Bonchev–Trinajstić information content (AvgIpc) is 2.81. The van der Waals surface area contributed by atoms with Gasteiger partial charge in [0.1, 0.15) is 5.36 Å². The molecule has 3 heterocycles. The van der Waals surface area contributed by atoms with Crippen LogP contribution in [0, 0.1) is 6.92 Å². The quantitative estimate of drug-likeness (QED) is 0.675. The molecule has 0 aromatic carbocycles. The van der Waals surface area contributed by atoms with Gasteiger partial charge in [-0.2, -0.15) is 0 Å². The first-order valence-corrected chi connectivity index (χ1v) is 5.96. The van der Waals surface area contributed by atoms with Gasteiger partial charge in [-0.25, -0.2) is 4.98 Å². The van der Waals surface area contributed by atoms with Gasteiger partial charge in [-0.05, 0) is 25.8 Å². The predicted molar refractivity (Wildman–Crippen MR) is 62.5 cm³/mol. The number of fused-ring (bicyclic) bond motifs is 1. The first kappa shape index (κ1) is 9.75. The molecule has 0 radical (unpaired) electrons. The van der Waals surface area contributed by atoms with Crippen molar-refractivity contribution in [3.8, 4) is 0 Å². The van der Waals surface area contributed by atoms with Crippen molar-refractivity contribution in [2.75, 3.05) is 31.1 Å². The Bertz CT molecular complexity index is 515. The van der Waals surface area contributed by atoms with Gasteiger partial charge in [0.05, 0.1) is 18.4 Å². The minimum absolute atomic E-state index is 0.804. The zero-order valence-electron chi connectivity index (χ0n) is 9.61. The molecule has 2 aliphatic heterocycles. The molecule has 0 bridgehead atoms. The van der Waals surface area contributed by atoms with Crippen molar-refractivity contribution in [1.29, 1.82) is 0 Å². The molecule has 4 nitrogen and oxygen atoms in total. The van der Waals surface area contributed by atoms with E-state index in [4.69, 9.17) is 0 Å². The van der Waals surface area contributed by atoms with Crippen LogP contribution < -0.4 is 15.6 Å². The Morgan fingerprint density at radius 1 is 1.12 bits per heavy atom. The Hall–Kier alpha value is -1.45. The highest BCUT2D eigenvalue weighted by Crippen LogP contribution is 2.13. The monoisotopic (exact) mass is 216 g/mol. The molecular weight excluding hydrogens is 200 g/mol. The molecule has 16 heavy (non-hydrogen) atoms. The second-order valence-electron chi connectivity index (χ2n) is 4.41. The third-order valence-corrected chi connectivity index (χ3v) is 3.14. The Balaban J connectivity index is 2.20. The van der Waals surface area contributed by atoms with Crippen LogP contribution in [0.1, 0.15) is 18.5 Å². The van der Waals surface area contributed by atoms with E-state index in [1.165, 1.54) is 12.8 Å². The third kappa shape index (κ3) is 1.58. The van der Waals surface area contributed by atoms with E-state index in [0.717, 1.165) is 48.4 Å². The van der Waals surface area contributed by atoms with Crippen LogP contribution in [0.15, 0.2) is 16.1 Å². The normalized spacial score (nSPS) is 18.9. The SMILES string of the molecule is Cc1cc2c(c(N3CCCC3)n1)=NCCN=2. The van der Waals surface area contributed by atoms with Crippen LogP contribution in [-0.4, -0.2) is 31.2 Å². The van der Waals surface area contributed by atoms with Crippen molar-refractivity contribution >= 4 is 5.82 Å². The highest BCUT2D eigenvalue weighted by Gasteiger charge is 2.17. The van der Waals surface area contributed by atoms with Crippen LogP contribution in [0.2, 0.25) is 0 Å². The Labute approximate surface area is 94.7 Å². The standard InChI is InChI=1S/C12H16N4/c1-9-8-10-11(14-5-4-13-10)12(15-9)16-6-2-3-7-16/h8H,2-7H2,1H3. The molecule has 3 rings (SSSR count). The van der Waals surface area contributed by atoms with Gasteiger partial charge >= 0.3 is 0 Å². The fourth-order valence-corrected chi connectivity index (χ4v) is 2.39.